The van der Waals surface area contributed by atoms with Crippen LogP contribution in [0.2, 0.25) is 0 Å². The number of nitrogens with one attached hydrogen (secondary N) is 1. The van der Waals surface area contributed by atoms with Crippen molar-refractivity contribution in [3.8, 4) is 10.7 Å². The Morgan fingerprint density at radius 2 is 2.04 bits per heavy atom. The minimum atomic E-state index is -0.113. The number of aromatic nitrogens is 2. The molecule has 0 unspecified atom stereocenters. The molecule has 0 aliphatic carbocycles. The third-order valence-corrected chi connectivity index (χ3v) is 5.10. The van der Waals surface area contributed by atoms with Gasteiger partial charge < -0.3 is 10.2 Å². The second kappa shape index (κ2) is 8.71. The second-order valence-corrected chi connectivity index (χ2v) is 6.94. The summed E-state index contributed by atoms with van der Waals surface area (Å²) >= 11 is 1.53. The summed E-state index contributed by atoms with van der Waals surface area (Å²) in [5.74, 6) is -0.100. The zero-order valence-electron chi connectivity index (χ0n) is 14.1. The molecule has 0 spiro atoms. The van der Waals surface area contributed by atoms with Crippen LogP contribution in [0, 0.1) is 0 Å². The van der Waals surface area contributed by atoms with Gasteiger partial charge in [0.15, 0.2) is 0 Å². The van der Waals surface area contributed by atoms with E-state index in [4.69, 9.17) is 0 Å². The first kappa shape index (κ1) is 17.5. The van der Waals surface area contributed by atoms with Crippen molar-refractivity contribution in [1.82, 2.24) is 20.2 Å². The normalized spacial score (nSPS) is 14.3. The Morgan fingerprint density at radius 1 is 1.20 bits per heavy atom. The number of amides is 2. The van der Waals surface area contributed by atoms with E-state index in [1.807, 2.05) is 28.5 Å². The number of pyridine rings is 1. The third kappa shape index (κ3) is 5.09. The van der Waals surface area contributed by atoms with Crippen LogP contribution in [0.1, 0.15) is 31.4 Å². The van der Waals surface area contributed by atoms with Crippen LogP contribution in [0.3, 0.4) is 0 Å². The third-order valence-electron chi connectivity index (χ3n) is 4.19. The zero-order valence-corrected chi connectivity index (χ0v) is 14.9. The van der Waals surface area contributed by atoms with E-state index in [2.05, 4.69) is 15.3 Å². The average Bonchev–Trinajstić information content (AvgIpc) is 3.15. The van der Waals surface area contributed by atoms with E-state index < -0.39 is 0 Å². The highest BCUT2D eigenvalue weighted by Gasteiger charge is 2.17. The van der Waals surface area contributed by atoms with E-state index in [-0.39, 0.29) is 18.4 Å². The van der Waals surface area contributed by atoms with E-state index in [0.717, 1.165) is 42.3 Å². The number of aryl methyl sites for hydroxylation is 1. The number of piperidine rings is 1. The predicted octanol–water partition coefficient (Wildman–Crippen LogP) is 2.27. The van der Waals surface area contributed by atoms with Gasteiger partial charge in [-0.25, -0.2) is 4.98 Å². The fourth-order valence-corrected chi connectivity index (χ4v) is 3.62. The summed E-state index contributed by atoms with van der Waals surface area (Å²) in [6, 6.07) is 5.71. The molecule has 0 atom stereocenters. The molecule has 0 bridgehead atoms. The molecule has 2 amide bonds. The molecule has 7 heteroatoms. The molecule has 0 aromatic carbocycles. The number of nitrogens with zero attached hydrogens (tertiary/aromatic N) is 3. The maximum atomic E-state index is 12.0. The maximum absolute atomic E-state index is 12.0. The number of hydrogen-bond acceptors (Lipinski definition) is 5. The molecule has 1 N–H and O–H groups in total. The predicted molar refractivity (Wildman–Crippen MR) is 97.1 cm³/mol. The summed E-state index contributed by atoms with van der Waals surface area (Å²) in [5, 5.41) is 5.53. The van der Waals surface area contributed by atoms with Crippen molar-refractivity contribution in [2.24, 2.45) is 0 Å². The Hall–Kier alpha value is -2.28. The highest BCUT2D eigenvalue weighted by molar-refractivity contribution is 7.13. The van der Waals surface area contributed by atoms with Gasteiger partial charge in [0.1, 0.15) is 5.01 Å². The van der Waals surface area contributed by atoms with Gasteiger partial charge in [-0.15, -0.1) is 11.3 Å². The van der Waals surface area contributed by atoms with E-state index in [0.29, 0.717) is 12.8 Å². The van der Waals surface area contributed by atoms with Crippen molar-refractivity contribution in [3.05, 3.63) is 35.5 Å². The van der Waals surface area contributed by atoms with Gasteiger partial charge in [0.2, 0.25) is 11.8 Å². The monoisotopic (exact) mass is 358 g/mol. The van der Waals surface area contributed by atoms with Crippen LogP contribution < -0.4 is 5.32 Å². The van der Waals surface area contributed by atoms with Gasteiger partial charge in [0, 0.05) is 31.1 Å². The lowest BCUT2D eigenvalue weighted by Crippen LogP contribution is -2.42. The number of carbonyl (C=O) groups excluding carboxylic acids is 2. The van der Waals surface area contributed by atoms with Gasteiger partial charge >= 0.3 is 0 Å². The Kier molecular flexibility index (Phi) is 6.11. The molecule has 3 heterocycles. The van der Waals surface area contributed by atoms with Crippen molar-refractivity contribution < 1.29 is 9.59 Å². The highest BCUT2D eigenvalue weighted by Crippen LogP contribution is 2.21. The smallest absolute Gasteiger partial charge is 0.241 e. The van der Waals surface area contributed by atoms with Crippen molar-refractivity contribution in [3.63, 3.8) is 0 Å². The quantitative estimate of drug-likeness (QED) is 0.859. The molecule has 25 heavy (non-hydrogen) atoms. The summed E-state index contributed by atoms with van der Waals surface area (Å²) in [5.41, 5.74) is 1.72. The van der Waals surface area contributed by atoms with Gasteiger partial charge in [0.25, 0.3) is 0 Å². The summed E-state index contributed by atoms with van der Waals surface area (Å²) < 4.78 is 0. The number of likely N-dealkylation sites (tertiary alicyclic amines) is 1. The van der Waals surface area contributed by atoms with Crippen LogP contribution in [-0.4, -0.2) is 46.3 Å². The first-order chi connectivity index (χ1) is 12.2. The molecular formula is C18H22N4O2S. The van der Waals surface area contributed by atoms with Crippen LogP contribution >= 0.6 is 11.3 Å². The lowest BCUT2D eigenvalue weighted by Gasteiger charge is -2.26. The van der Waals surface area contributed by atoms with Crippen molar-refractivity contribution in [2.75, 3.05) is 19.6 Å². The number of carbonyl (C=O) groups is 2. The average molecular weight is 358 g/mol. The van der Waals surface area contributed by atoms with Crippen LogP contribution in [-0.2, 0) is 16.0 Å². The first-order valence-electron chi connectivity index (χ1n) is 8.62. The summed E-state index contributed by atoms with van der Waals surface area (Å²) in [6.45, 7) is 1.71. The lowest BCUT2D eigenvalue weighted by molar-refractivity contribution is -0.133. The summed E-state index contributed by atoms with van der Waals surface area (Å²) in [7, 11) is 0. The summed E-state index contributed by atoms with van der Waals surface area (Å²) in [4.78, 5) is 34.6. The Bertz CT molecular complexity index is 711. The van der Waals surface area contributed by atoms with Crippen molar-refractivity contribution in [2.45, 2.75) is 32.1 Å². The Morgan fingerprint density at radius 3 is 2.80 bits per heavy atom. The van der Waals surface area contributed by atoms with E-state index in [9.17, 15) is 9.59 Å². The largest absolute Gasteiger partial charge is 0.347 e. The van der Waals surface area contributed by atoms with E-state index in [1.165, 1.54) is 17.8 Å². The van der Waals surface area contributed by atoms with Crippen LogP contribution in [0.15, 0.2) is 29.8 Å². The highest BCUT2D eigenvalue weighted by atomic mass is 32.1. The molecule has 1 saturated heterocycles. The SMILES string of the molecule is O=C(CCc1csc(-c2ccccn2)n1)NCC(=O)N1CCCCC1. The fourth-order valence-electron chi connectivity index (χ4n) is 2.79. The van der Waals surface area contributed by atoms with Gasteiger partial charge in [-0.2, -0.15) is 0 Å². The molecule has 3 rings (SSSR count). The minimum Gasteiger partial charge on any atom is -0.347 e. The van der Waals surface area contributed by atoms with Crippen molar-refractivity contribution >= 4 is 23.2 Å². The molecule has 2 aromatic rings. The molecule has 2 aromatic heterocycles. The second-order valence-electron chi connectivity index (χ2n) is 6.08. The molecule has 1 aliphatic rings. The van der Waals surface area contributed by atoms with Gasteiger partial charge in [-0.1, -0.05) is 6.07 Å². The Labute approximate surface area is 151 Å². The van der Waals surface area contributed by atoms with Crippen LogP contribution in [0.25, 0.3) is 10.7 Å². The molecule has 132 valence electrons. The molecule has 1 aliphatic heterocycles. The molecule has 1 fully saturated rings. The van der Waals surface area contributed by atoms with Gasteiger partial charge in [0.05, 0.1) is 17.9 Å². The van der Waals surface area contributed by atoms with Crippen LogP contribution in [0.4, 0.5) is 0 Å². The van der Waals surface area contributed by atoms with E-state index in [1.54, 1.807) is 6.20 Å². The zero-order chi connectivity index (χ0) is 17.5. The topological polar surface area (TPSA) is 75.2 Å². The van der Waals surface area contributed by atoms with E-state index >= 15 is 0 Å². The van der Waals surface area contributed by atoms with Crippen LogP contribution in [0.5, 0.6) is 0 Å². The fraction of sp³-hybridized carbons (Fsp3) is 0.444. The Balaban J connectivity index is 1.42. The van der Waals surface area contributed by atoms with Gasteiger partial charge in [-0.05, 0) is 37.8 Å². The first-order valence-corrected chi connectivity index (χ1v) is 9.50. The lowest BCUT2D eigenvalue weighted by atomic mass is 10.1. The molecular weight excluding hydrogens is 336 g/mol. The number of hydrogen-bond donors (Lipinski definition) is 1. The summed E-state index contributed by atoms with van der Waals surface area (Å²) in [6.07, 6.45) is 5.93. The van der Waals surface area contributed by atoms with Crippen molar-refractivity contribution in [1.29, 1.82) is 0 Å². The molecule has 0 saturated carbocycles. The number of thiazole rings is 1. The molecule has 0 radical (unpaired) electrons. The molecule has 6 nitrogen and oxygen atoms in total. The maximum Gasteiger partial charge on any atom is 0.241 e. The standard InChI is InChI=1S/C18H22N4O2S/c23-16(20-12-17(24)22-10-4-1-5-11-22)8-7-14-13-25-18(21-14)15-6-2-3-9-19-15/h2-3,6,9,13H,1,4-5,7-8,10-12H2,(H,20,23). The number of rotatable bonds is 6. The van der Waals surface area contributed by atoms with Gasteiger partial charge in [-0.3, -0.25) is 14.6 Å². The minimum absolute atomic E-state index is 0.0131.